The van der Waals surface area contributed by atoms with Crippen LogP contribution in [-0.4, -0.2) is 10.9 Å². The van der Waals surface area contributed by atoms with Crippen molar-refractivity contribution in [2.45, 2.75) is 46.5 Å². The van der Waals surface area contributed by atoms with Crippen LogP contribution in [0.1, 0.15) is 46.5 Å². The summed E-state index contributed by atoms with van der Waals surface area (Å²) in [4.78, 5) is 17.1. The molecule has 1 unspecified atom stereocenters. The number of aromatic nitrogens is 1. The van der Waals surface area contributed by atoms with Crippen LogP contribution in [0.25, 0.3) is 10.9 Å². The van der Waals surface area contributed by atoms with Gasteiger partial charge in [0.1, 0.15) is 0 Å². The Bertz CT molecular complexity index is 720. The van der Waals surface area contributed by atoms with E-state index in [-0.39, 0.29) is 16.7 Å². The summed E-state index contributed by atoms with van der Waals surface area (Å²) in [6, 6.07) is 9.77. The maximum absolute atomic E-state index is 12.7. The molecule has 3 rings (SSSR count). The summed E-state index contributed by atoms with van der Waals surface area (Å²) in [5.74, 6) is 0.0752. The lowest BCUT2D eigenvalue weighted by atomic mass is 9.64. The van der Waals surface area contributed by atoms with Crippen molar-refractivity contribution in [3.63, 3.8) is 0 Å². The van der Waals surface area contributed by atoms with Gasteiger partial charge in [-0.25, -0.2) is 0 Å². The Morgan fingerprint density at radius 2 is 1.96 bits per heavy atom. The number of pyridine rings is 1. The van der Waals surface area contributed by atoms with Crippen molar-refractivity contribution in [1.29, 1.82) is 0 Å². The molecule has 1 amide bonds. The van der Waals surface area contributed by atoms with E-state index in [1.807, 2.05) is 30.3 Å². The molecule has 1 heterocycles. The molecule has 1 saturated carbocycles. The molecule has 0 saturated heterocycles. The summed E-state index contributed by atoms with van der Waals surface area (Å²) in [6.45, 7) is 6.58. The van der Waals surface area contributed by atoms with E-state index in [4.69, 9.17) is 0 Å². The number of hydrazine groups is 1. The number of carbonyl (C=O) groups is 1. The van der Waals surface area contributed by atoms with E-state index >= 15 is 0 Å². The second-order valence-corrected chi connectivity index (χ2v) is 7.71. The minimum atomic E-state index is -0.308. The molecule has 1 aromatic carbocycles. The molecular formula is C19H25N3O. The quantitative estimate of drug-likeness (QED) is 0.832. The van der Waals surface area contributed by atoms with Crippen LogP contribution in [0.3, 0.4) is 0 Å². The van der Waals surface area contributed by atoms with E-state index < -0.39 is 0 Å². The molecule has 23 heavy (non-hydrogen) atoms. The van der Waals surface area contributed by atoms with Crippen molar-refractivity contribution in [2.75, 3.05) is 5.43 Å². The van der Waals surface area contributed by atoms with Crippen LogP contribution in [0.5, 0.6) is 0 Å². The summed E-state index contributed by atoms with van der Waals surface area (Å²) in [6.07, 6.45) is 5.94. The molecule has 0 radical (unpaired) electrons. The van der Waals surface area contributed by atoms with Gasteiger partial charge < -0.3 is 0 Å². The van der Waals surface area contributed by atoms with Crippen LogP contribution in [-0.2, 0) is 4.79 Å². The first-order valence-corrected chi connectivity index (χ1v) is 8.30. The molecule has 0 spiro atoms. The molecular weight excluding hydrogens is 286 g/mol. The third-order valence-corrected chi connectivity index (χ3v) is 4.96. The Hall–Kier alpha value is -2.10. The van der Waals surface area contributed by atoms with Gasteiger partial charge in [0, 0.05) is 17.0 Å². The van der Waals surface area contributed by atoms with Crippen LogP contribution in [0, 0.1) is 10.8 Å². The number of benzene rings is 1. The van der Waals surface area contributed by atoms with Gasteiger partial charge in [-0.1, -0.05) is 33.3 Å². The zero-order valence-electron chi connectivity index (χ0n) is 14.1. The largest absolute Gasteiger partial charge is 0.298 e. The summed E-state index contributed by atoms with van der Waals surface area (Å²) in [5, 5.41) is 1.00. The zero-order valence-corrected chi connectivity index (χ0v) is 14.1. The average Bonchev–Trinajstić information content (AvgIpc) is 2.51. The van der Waals surface area contributed by atoms with Crippen LogP contribution >= 0.6 is 0 Å². The lowest BCUT2D eigenvalue weighted by Gasteiger charge is -2.41. The second-order valence-electron chi connectivity index (χ2n) is 7.71. The molecule has 2 N–H and O–H groups in total. The van der Waals surface area contributed by atoms with Gasteiger partial charge in [0.05, 0.1) is 11.2 Å². The molecule has 1 atom stereocenters. The molecule has 4 heteroatoms. The van der Waals surface area contributed by atoms with E-state index in [2.05, 4.69) is 36.6 Å². The number of nitrogens with zero attached hydrogens (tertiary/aromatic N) is 1. The van der Waals surface area contributed by atoms with Crippen LogP contribution in [0.15, 0.2) is 36.5 Å². The van der Waals surface area contributed by atoms with Crippen molar-refractivity contribution >= 4 is 22.5 Å². The van der Waals surface area contributed by atoms with E-state index in [9.17, 15) is 4.79 Å². The predicted molar refractivity (Wildman–Crippen MR) is 93.9 cm³/mol. The molecule has 0 aliphatic heterocycles. The number of rotatable bonds is 3. The minimum absolute atomic E-state index is 0.0752. The molecule has 1 aromatic heterocycles. The van der Waals surface area contributed by atoms with Gasteiger partial charge in [-0.15, -0.1) is 0 Å². The molecule has 122 valence electrons. The van der Waals surface area contributed by atoms with Gasteiger partial charge in [0.25, 0.3) is 0 Å². The molecule has 4 nitrogen and oxygen atoms in total. The predicted octanol–water partition coefficient (Wildman–Crippen LogP) is 4.28. The first-order valence-electron chi connectivity index (χ1n) is 8.30. The Kier molecular flexibility index (Phi) is 4.00. The maximum Gasteiger partial charge on any atom is 0.244 e. The Morgan fingerprint density at radius 3 is 2.74 bits per heavy atom. The van der Waals surface area contributed by atoms with Crippen molar-refractivity contribution in [3.05, 3.63) is 36.5 Å². The van der Waals surface area contributed by atoms with Gasteiger partial charge >= 0.3 is 0 Å². The molecule has 1 fully saturated rings. The van der Waals surface area contributed by atoms with Crippen molar-refractivity contribution < 1.29 is 4.79 Å². The van der Waals surface area contributed by atoms with Gasteiger partial charge in [-0.05, 0) is 48.9 Å². The first kappa shape index (κ1) is 15.8. The fourth-order valence-electron chi connectivity index (χ4n) is 3.87. The average molecular weight is 311 g/mol. The summed E-state index contributed by atoms with van der Waals surface area (Å²) >= 11 is 0. The maximum atomic E-state index is 12.7. The van der Waals surface area contributed by atoms with E-state index in [0.717, 1.165) is 35.9 Å². The van der Waals surface area contributed by atoms with Gasteiger partial charge in [-0.2, -0.15) is 0 Å². The highest BCUT2D eigenvalue weighted by Crippen LogP contribution is 2.46. The van der Waals surface area contributed by atoms with Crippen molar-refractivity contribution in [2.24, 2.45) is 10.8 Å². The number of hydrogen-bond acceptors (Lipinski definition) is 3. The summed E-state index contributed by atoms with van der Waals surface area (Å²) < 4.78 is 0. The van der Waals surface area contributed by atoms with E-state index in [0.29, 0.717) is 0 Å². The van der Waals surface area contributed by atoms with Gasteiger partial charge in [-0.3, -0.25) is 20.6 Å². The monoisotopic (exact) mass is 311 g/mol. The normalized spacial score (nSPS) is 23.4. The molecule has 1 aliphatic rings. The smallest absolute Gasteiger partial charge is 0.244 e. The molecule has 1 aliphatic carbocycles. The highest BCUT2D eigenvalue weighted by molar-refractivity contribution is 5.92. The first-order chi connectivity index (χ1) is 10.9. The van der Waals surface area contributed by atoms with Crippen LogP contribution < -0.4 is 10.9 Å². The third kappa shape index (κ3) is 3.31. The number of fused-ring (bicyclic) bond motifs is 1. The number of hydrogen-bond donors (Lipinski definition) is 2. The Morgan fingerprint density at radius 1 is 1.13 bits per heavy atom. The minimum Gasteiger partial charge on any atom is -0.298 e. The molecule has 0 bridgehead atoms. The fourth-order valence-corrected chi connectivity index (χ4v) is 3.87. The van der Waals surface area contributed by atoms with Gasteiger partial charge in [0.15, 0.2) is 0 Å². The summed E-state index contributed by atoms with van der Waals surface area (Å²) in [7, 11) is 0. The fraction of sp³-hybridized carbons (Fsp3) is 0.474. The highest BCUT2D eigenvalue weighted by Gasteiger charge is 2.41. The third-order valence-electron chi connectivity index (χ3n) is 4.96. The standard InChI is InChI=1S/C19H25N3O/c1-18(2)10-6-11-19(3,13-18)17(23)22-21-16-9-4-8-15-14(16)7-5-12-20-15/h4-5,7-9,12,21H,6,10-11,13H2,1-3H3,(H,22,23). The SMILES string of the molecule is CC1(C)CCCC(C)(C(=O)NNc2cccc3ncccc23)C1. The lowest BCUT2D eigenvalue weighted by Crippen LogP contribution is -2.46. The Labute approximate surface area is 137 Å². The van der Waals surface area contributed by atoms with Crippen LogP contribution in [0.4, 0.5) is 5.69 Å². The van der Waals surface area contributed by atoms with E-state index in [1.165, 1.54) is 6.42 Å². The second kappa shape index (κ2) is 5.84. The lowest BCUT2D eigenvalue weighted by molar-refractivity contribution is -0.133. The number of anilines is 1. The van der Waals surface area contributed by atoms with Crippen molar-refractivity contribution in [1.82, 2.24) is 10.4 Å². The van der Waals surface area contributed by atoms with Crippen molar-refractivity contribution in [3.8, 4) is 0 Å². The topological polar surface area (TPSA) is 54.0 Å². The number of nitrogens with one attached hydrogen (secondary N) is 2. The number of amides is 1. The number of carbonyl (C=O) groups excluding carboxylic acids is 1. The summed E-state index contributed by atoms with van der Waals surface area (Å²) in [5.41, 5.74) is 7.73. The molecule has 2 aromatic rings. The van der Waals surface area contributed by atoms with Gasteiger partial charge in [0.2, 0.25) is 5.91 Å². The zero-order chi connectivity index (χ0) is 16.5. The van der Waals surface area contributed by atoms with Crippen LogP contribution in [0.2, 0.25) is 0 Å². The van der Waals surface area contributed by atoms with E-state index in [1.54, 1.807) is 6.20 Å². The highest BCUT2D eigenvalue weighted by atomic mass is 16.2. The Balaban J connectivity index is 1.73.